The fourth-order valence-electron chi connectivity index (χ4n) is 6.58. The summed E-state index contributed by atoms with van der Waals surface area (Å²) in [7, 11) is -3.82. The highest BCUT2D eigenvalue weighted by Crippen LogP contribution is 2.41. The topological polar surface area (TPSA) is 179 Å². The van der Waals surface area contributed by atoms with Crippen molar-refractivity contribution in [3.63, 3.8) is 0 Å². The van der Waals surface area contributed by atoms with Gasteiger partial charge in [-0.05, 0) is 68.9 Å². The summed E-state index contributed by atoms with van der Waals surface area (Å²) >= 11 is 0. The van der Waals surface area contributed by atoms with Crippen LogP contribution in [-0.2, 0) is 48.1 Å². The molecule has 7 atom stereocenters. The van der Waals surface area contributed by atoms with Crippen molar-refractivity contribution < 1.29 is 46.7 Å². The van der Waals surface area contributed by atoms with Crippen molar-refractivity contribution in [2.75, 3.05) is 5.32 Å². The predicted octanol–water partition coefficient (Wildman–Crippen LogP) is 1.77. The second-order valence-electron chi connectivity index (χ2n) is 11.6. The van der Waals surface area contributed by atoms with Gasteiger partial charge in [-0.25, -0.2) is 8.42 Å². The standard InChI is InChI=1S/C30H29N2O10S/c33-25(15-1-11-21-23(13-15)29(37)41-27(21)35)31-17-3-7-19(8-4-17)43(39,40)20-9-5-18(6-10-20)32-26(34)16-2-12-22-24(14-16)30(38)42-28(22)36/h3-10,15-16,19,21-24H,1-2,11-14H2,(H,31,33)(H,32,34). The summed E-state index contributed by atoms with van der Waals surface area (Å²) in [5.41, 5.74) is 0.805. The van der Waals surface area contributed by atoms with Gasteiger partial charge in [-0.15, -0.1) is 0 Å². The fourth-order valence-corrected chi connectivity index (χ4v) is 7.98. The third kappa shape index (κ3) is 5.53. The van der Waals surface area contributed by atoms with E-state index in [1.54, 1.807) is 0 Å². The number of hydrogen-bond acceptors (Lipinski definition) is 10. The Morgan fingerprint density at radius 2 is 1.21 bits per heavy atom. The number of carbonyl (C=O) groups is 6. The molecule has 225 valence electrons. The summed E-state index contributed by atoms with van der Waals surface area (Å²) in [5, 5.41) is 4.55. The van der Waals surface area contributed by atoms with E-state index in [9.17, 15) is 37.2 Å². The molecule has 5 aliphatic rings. The zero-order valence-electron chi connectivity index (χ0n) is 22.9. The highest BCUT2D eigenvalue weighted by atomic mass is 32.2. The van der Waals surface area contributed by atoms with Crippen molar-refractivity contribution in [1.29, 1.82) is 0 Å². The molecular formula is C30H29N2O10S. The van der Waals surface area contributed by atoms with E-state index >= 15 is 0 Å². The normalized spacial score (nSPS) is 31.8. The van der Waals surface area contributed by atoms with Crippen LogP contribution < -0.4 is 10.6 Å². The molecule has 1 aromatic carbocycles. The molecule has 43 heavy (non-hydrogen) atoms. The largest absolute Gasteiger partial charge is 0.393 e. The van der Waals surface area contributed by atoms with Gasteiger partial charge in [0.15, 0.2) is 9.84 Å². The Morgan fingerprint density at radius 1 is 0.698 bits per heavy atom. The summed E-state index contributed by atoms with van der Waals surface area (Å²) in [6, 6.07) is 5.76. The van der Waals surface area contributed by atoms with Gasteiger partial charge in [0, 0.05) is 29.6 Å². The second-order valence-corrected chi connectivity index (χ2v) is 13.7. The number of allylic oxidation sites excluding steroid dienone is 2. The van der Waals surface area contributed by atoms with Gasteiger partial charge >= 0.3 is 23.9 Å². The zero-order valence-corrected chi connectivity index (χ0v) is 23.7. The lowest BCUT2D eigenvalue weighted by Gasteiger charge is -2.27. The first kappa shape index (κ1) is 29.0. The number of carbonyl (C=O) groups excluding carboxylic acids is 6. The van der Waals surface area contributed by atoms with Gasteiger partial charge in [-0.1, -0.05) is 12.2 Å². The zero-order chi connectivity index (χ0) is 30.5. The molecule has 1 radical (unpaired) electrons. The molecule has 2 aliphatic heterocycles. The number of fused-ring (bicyclic) bond motifs is 2. The molecule has 13 heteroatoms. The lowest BCUT2D eigenvalue weighted by molar-refractivity contribution is -0.155. The van der Waals surface area contributed by atoms with Crippen molar-refractivity contribution in [1.82, 2.24) is 5.32 Å². The minimum absolute atomic E-state index is 0.0414. The van der Waals surface area contributed by atoms with E-state index < -0.39 is 74.5 Å². The molecule has 0 bridgehead atoms. The molecule has 2 saturated carbocycles. The molecule has 2 amide bonds. The minimum atomic E-state index is -3.82. The maximum atomic E-state index is 13.2. The Hall–Kier alpha value is -4.13. The van der Waals surface area contributed by atoms with E-state index in [0.717, 1.165) is 0 Å². The summed E-state index contributed by atoms with van der Waals surface area (Å²) in [5.74, 6) is -5.95. The van der Waals surface area contributed by atoms with E-state index in [4.69, 9.17) is 9.47 Å². The van der Waals surface area contributed by atoms with Gasteiger partial charge in [-0.2, -0.15) is 0 Å². The molecule has 2 heterocycles. The molecule has 2 N–H and O–H groups in total. The maximum absolute atomic E-state index is 13.2. The van der Waals surface area contributed by atoms with Crippen LogP contribution in [0.4, 0.5) is 5.69 Å². The van der Waals surface area contributed by atoms with Crippen LogP contribution in [0.2, 0.25) is 0 Å². The summed E-state index contributed by atoms with van der Waals surface area (Å²) in [6.45, 7) is 0. The Bertz CT molecular complexity index is 1580. The summed E-state index contributed by atoms with van der Waals surface area (Å²) in [6.07, 6.45) is 8.08. The number of benzene rings is 1. The third-order valence-electron chi connectivity index (χ3n) is 9.06. The van der Waals surface area contributed by atoms with Crippen LogP contribution in [0, 0.1) is 41.9 Å². The third-order valence-corrected chi connectivity index (χ3v) is 11.0. The van der Waals surface area contributed by atoms with Crippen LogP contribution in [-0.4, -0.2) is 49.4 Å². The number of esters is 4. The lowest BCUT2D eigenvalue weighted by atomic mass is 9.75. The van der Waals surface area contributed by atoms with E-state index in [1.807, 2.05) is 0 Å². The molecule has 12 nitrogen and oxygen atoms in total. The van der Waals surface area contributed by atoms with Crippen molar-refractivity contribution in [2.45, 2.75) is 48.7 Å². The molecule has 4 fully saturated rings. The van der Waals surface area contributed by atoms with Crippen molar-refractivity contribution >= 4 is 51.2 Å². The molecule has 7 unspecified atom stereocenters. The summed E-state index contributed by atoms with van der Waals surface area (Å²) < 4.78 is 35.9. The Balaban J connectivity index is 1.01. The van der Waals surface area contributed by atoms with Crippen LogP contribution >= 0.6 is 0 Å². The number of amides is 2. The molecular weight excluding hydrogens is 580 g/mol. The number of ether oxygens (including phenoxy) is 2. The Labute approximate surface area is 247 Å². The molecule has 0 aromatic heterocycles. The molecule has 1 aromatic rings. The van der Waals surface area contributed by atoms with Gasteiger partial charge in [0.05, 0.1) is 33.8 Å². The Morgan fingerprint density at radius 3 is 1.72 bits per heavy atom. The van der Waals surface area contributed by atoms with Crippen molar-refractivity contribution in [2.24, 2.45) is 35.5 Å². The van der Waals surface area contributed by atoms with Gasteiger partial charge in [-0.3, -0.25) is 28.8 Å². The first-order valence-electron chi connectivity index (χ1n) is 14.2. The highest BCUT2D eigenvalue weighted by Gasteiger charge is 2.50. The first-order chi connectivity index (χ1) is 20.5. The van der Waals surface area contributed by atoms with Crippen LogP contribution in [0.25, 0.3) is 0 Å². The van der Waals surface area contributed by atoms with Gasteiger partial charge in [0.25, 0.3) is 0 Å². The van der Waals surface area contributed by atoms with E-state index in [1.165, 1.54) is 48.9 Å². The number of rotatable bonds is 6. The lowest BCUT2D eigenvalue weighted by Crippen LogP contribution is -2.37. The van der Waals surface area contributed by atoms with E-state index in [2.05, 4.69) is 10.6 Å². The van der Waals surface area contributed by atoms with Crippen LogP contribution in [0.1, 0.15) is 38.5 Å². The quantitative estimate of drug-likeness (QED) is 0.357. The van der Waals surface area contributed by atoms with E-state index in [0.29, 0.717) is 37.1 Å². The highest BCUT2D eigenvalue weighted by molar-refractivity contribution is 7.92. The van der Waals surface area contributed by atoms with E-state index in [-0.39, 0.29) is 29.6 Å². The molecule has 2 saturated heterocycles. The number of cyclic esters (lactones) is 4. The first-order valence-corrected chi connectivity index (χ1v) is 15.8. The predicted molar refractivity (Wildman–Crippen MR) is 147 cm³/mol. The Kier molecular flexibility index (Phi) is 7.53. The summed E-state index contributed by atoms with van der Waals surface area (Å²) in [4.78, 5) is 72.9. The second kappa shape index (κ2) is 11.2. The fraction of sp³-hybridized carbons (Fsp3) is 0.433. The molecule has 6 rings (SSSR count). The van der Waals surface area contributed by atoms with Crippen molar-refractivity contribution in [3.05, 3.63) is 54.6 Å². The SMILES string of the molecule is O=C(NC1=C[CH]C(S(=O)(=O)c2ccc(NC(=O)C3CCC4C(=O)OC(=O)C4C3)cc2)C=C1)C1CCC2C(=O)OC(=O)C2C1. The van der Waals surface area contributed by atoms with Crippen LogP contribution in [0.5, 0.6) is 0 Å². The number of hydrogen-bond donors (Lipinski definition) is 2. The molecule has 3 aliphatic carbocycles. The average molecular weight is 610 g/mol. The minimum Gasteiger partial charge on any atom is -0.393 e. The van der Waals surface area contributed by atoms with Gasteiger partial charge in [0.2, 0.25) is 11.8 Å². The molecule has 0 spiro atoms. The van der Waals surface area contributed by atoms with Crippen LogP contribution in [0.15, 0.2) is 53.1 Å². The smallest absolute Gasteiger partial charge is 0.317 e. The number of nitrogens with one attached hydrogen (secondary N) is 2. The number of sulfone groups is 1. The van der Waals surface area contributed by atoms with Gasteiger partial charge < -0.3 is 20.1 Å². The monoisotopic (exact) mass is 609 g/mol. The van der Waals surface area contributed by atoms with Gasteiger partial charge in [0.1, 0.15) is 0 Å². The average Bonchev–Trinajstić information content (AvgIpc) is 3.45. The van der Waals surface area contributed by atoms with Crippen molar-refractivity contribution in [3.8, 4) is 0 Å². The maximum Gasteiger partial charge on any atom is 0.317 e. The number of anilines is 1. The van der Waals surface area contributed by atoms with Crippen LogP contribution in [0.3, 0.4) is 0 Å².